The summed E-state index contributed by atoms with van der Waals surface area (Å²) in [4.78, 5) is 30.7. The van der Waals surface area contributed by atoms with Crippen LogP contribution in [0.5, 0.6) is 5.75 Å². The first-order valence-corrected chi connectivity index (χ1v) is 10.4. The number of methoxy groups -OCH3 is 1. The fourth-order valence-corrected chi connectivity index (χ4v) is 4.86. The van der Waals surface area contributed by atoms with Crippen molar-refractivity contribution in [2.24, 2.45) is 0 Å². The van der Waals surface area contributed by atoms with E-state index in [2.05, 4.69) is 16.3 Å². The Bertz CT molecular complexity index is 970. The van der Waals surface area contributed by atoms with Crippen molar-refractivity contribution in [2.45, 2.75) is 37.8 Å². The highest BCUT2D eigenvalue weighted by Gasteiger charge is 2.56. The van der Waals surface area contributed by atoms with Crippen molar-refractivity contribution in [1.82, 2.24) is 9.80 Å². The fourth-order valence-electron chi connectivity index (χ4n) is 4.86. The zero-order chi connectivity index (χ0) is 21.5. The van der Waals surface area contributed by atoms with Gasteiger partial charge in [-0.3, -0.25) is 14.5 Å². The normalized spacial score (nSPS) is 23.6. The minimum absolute atomic E-state index is 0.0384. The van der Waals surface area contributed by atoms with E-state index in [-0.39, 0.29) is 17.9 Å². The number of hydrogen-bond donors (Lipinski definition) is 1. The van der Waals surface area contributed by atoms with Crippen molar-refractivity contribution < 1.29 is 14.3 Å². The van der Waals surface area contributed by atoms with Crippen LogP contribution in [0.25, 0.3) is 0 Å². The highest BCUT2D eigenvalue weighted by atomic mass is 16.5. The van der Waals surface area contributed by atoms with Gasteiger partial charge < -0.3 is 15.0 Å². The zero-order valence-electron chi connectivity index (χ0n) is 18.1. The minimum Gasteiger partial charge on any atom is -0.497 e. The minimum atomic E-state index is -1.05. The number of likely N-dealkylation sites (tertiary alicyclic amines) is 1. The van der Waals surface area contributed by atoms with Gasteiger partial charge in [0.25, 0.3) is 5.91 Å². The standard InChI is InChI=1S/C24H29N3O3/c1-16-8-13-20-19(15-16)24(23(29)25-20,17-9-11-18(30-4)12-10-17)27-14-6-5-7-21(27)22(28)26(2)3/h8-13,15,21H,5-7,14H2,1-4H3,(H,25,29)/t21-,24?/m0/s1. The van der Waals surface area contributed by atoms with Gasteiger partial charge in [-0.15, -0.1) is 0 Å². The molecule has 4 rings (SSSR count). The number of anilines is 1. The average molecular weight is 408 g/mol. The second kappa shape index (κ2) is 7.76. The molecule has 0 aromatic heterocycles. The van der Waals surface area contributed by atoms with Crippen LogP contribution in [0.15, 0.2) is 42.5 Å². The molecule has 2 heterocycles. The van der Waals surface area contributed by atoms with Crippen LogP contribution in [0.3, 0.4) is 0 Å². The van der Waals surface area contributed by atoms with Gasteiger partial charge in [0.2, 0.25) is 5.91 Å². The number of carbonyl (C=O) groups is 2. The third kappa shape index (κ3) is 3.06. The van der Waals surface area contributed by atoms with Crippen LogP contribution in [0.4, 0.5) is 5.69 Å². The number of carbonyl (C=O) groups excluding carboxylic acids is 2. The Balaban J connectivity index is 1.96. The number of rotatable bonds is 4. The van der Waals surface area contributed by atoms with E-state index in [4.69, 9.17) is 4.74 Å². The maximum atomic E-state index is 13.7. The first-order chi connectivity index (χ1) is 14.4. The molecule has 6 nitrogen and oxygen atoms in total. The number of amides is 2. The Kier molecular flexibility index (Phi) is 5.28. The van der Waals surface area contributed by atoms with E-state index in [1.807, 2.05) is 43.3 Å². The summed E-state index contributed by atoms with van der Waals surface area (Å²) in [6, 6.07) is 13.3. The zero-order valence-corrected chi connectivity index (χ0v) is 18.1. The van der Waals surface area contributed by atoms with Gasteiger partial charge in [0.1, 0.15) is 5.75 Å². The summed E-state index contributed by atoms with van der Waals surface area (Å²) in [5.74, 6) is 0.666. The third-order valence-electron chi connectivity index (χ3n) is 6.31. The van der Waals surface area contributed by atoms with Gasteiger partial charge >= 0.3 is 0 Å². The highest BCUT2D eigenvalue weighted by molar-refractivity contribution is 6.08. The topological polar surface area (TPSA) is 61.9 Å². The van der Waals surface area contributed by atoms with E-state index in [9.17, 15) is 9.59 Å². The number of fused-ring (bicyclic) bond motifs is 1. The van der Waals surface area contributed by atoms with Gasteiger partial charge in [-0.25, -0.2) is 0 Å². The molecule has 0 spiro atoms. The molecule has 2 amide bonds. The molecule has 158 valence electrons. The van der Waals surface area contributed by atoms with E-state index >= 15 is 0 Å². The molecule has 1 fully saturated rings. The summed E-state index contributed by atoms with van der Waals surface area (Å²) < 4.78 is 5.34. The summed E-state index contributed by atoms with van der Waals surface area (Å²) in [6.07, 6.45) is 2.66. The van der Waals surface area contributed by atoms with Crippen LogP contribution in [-0.4, -0.2) is 55.4 Å². The van der Waals surface area contributed by atoms with Crippen LogP contribution in [0.1, 0.15) is 36.0 Å². The van der Waals surface area contributed by atoms with Crippen molar-refractivity contribution >= 4 is 17.5 Å². The largest absolute Gasteiger partial charge is 0.497 e. The molecule has 0 radical (unpaired) electrons. The molecule has 0 saturated carbocycles. The van der Waals surface area contributed by atoms with Gasteiger partial charge in [-0.05, 0) is 43.5 Å². The molecule has 0 bridgehead atoms. The SMILES string of the molecule is COc1ccc(C2(N3CCCC[C@H]3C(=O)N(C)C)C(=O)Nc3ccc(C)cc32)cc1. The molecule has 2 aliphatic heterocycles. The molecule has 1 saturated heterocycles. The lowest BCUT2D eigenvalue weighted by Crippen LogP contribution is -2.61. The predicted octanol–water partition coefficient (Wildman–Crippen LogP) is 3.14. The van der Waals surface area contributed by atoms with E-state index in [0.717, 1.165) is 47.4 Å². The number of nitrogens with one attached hydrogen (secondary N) is 1. The predicted molar refractivity (Wildman–Crippen MR) is 117 cm³/mol. The van der Waals surface area contributed by atoms with Crippen molar-refractivity contribution in [1.29, 1.82) is 0 Å². The van der Waals surface area contributed by atoms with Crippen LogP contribution < -0.4 is 10.1 Å². The lowest BCUT2D eigenvalue weighted by molar-refractivity contribution is -0.142. The molecule has 30 heavy (non-hydrogen) atoms. The van der Waals surface area contributed by atoms with Crippen molar-refractivity contribution in [3.8, 4) is 5.75 Å². The summed E-state index contributed by atoms with van der Waals surface area (Å²) in [5.41, 5.74) is 2.60. The quantitative estimate of drug-likeness (QED) is 0.846. The fraction of sp³-hybridized carbons (Fsp3) is 0.417. The van der Waals surface area contributed by atoms with Gasteiger partial charge in [0.15, 0.2) is 5.54 Å². The van der Waals surface area contributed by atoms with Crippen LogP contribution in [-0.2, 0) is 15.1 Å². The van der Waals surface area contributed by atoms with Crippen molar-refractivity contribution in [3.05, 3.63) is 59.2 Å². The van der Waals surface area contributed by atoms with Crippen molar-refractivity contribution in [2.75, 3.05) is 33.1 Å². The average Bonchev–Trinajstić information content (AvgIpc) is 3.05. The first-order valence-electron chi connectivity index (χ1n) is 10.4. The summed E-state index contributed by atoms with van der Waals surface area (Å²) in [7, 11) is 5.19. The number of ether oxygens (including phenoxy) is 1. The van der Waals surface area contributed by atoms with Gasteiger partial charge in [0.05, 0.1) is 13.2 Å². The molecule has 1 N–H and O–H groups in total. The van der Waals surface area contributed by atoms with Crippen LogP contribution in [0.2, 0.25) is 0 Å². The number of aryl methyl sites for hydroxylation is 1. The van der Waals surface area contributed by atoms with E-state index in [1.165, 1.54) is 0 Å². The molecule has 0 aliphatic carbocycles. The lowest BCUT2D eigenvalue weighted by Gasteiger charge is -2.47. The first kappa shape index (κ1) is 20.4. The molecule has 2 atom stereocenters. The second-order valence-electron chi connectivity index (χ2n) is 8.38. The van der Waals surface area contributed by atoms with Crippen LogP contribution >= 0.6 is 0 Å². The summed E-state index contributed by atoms with van der Waals surface area (Å²) in [5, 5.41) is 3.09. The Morgan fingerprint density at radius 3 is 2.57 bits per heavy atom. The molecule has 1 unspecified atom stereocenters. The number of nitrogens with zero attached hydrogens (tertiary/aromatic N) is 2. The maximum absolute atomic E-state index is 13.7. The Morgan fingerprint density at radius 1 is 1.17 bits per heavy atom. The van der Waals surface area contributed by atoms with Gasteiger partial charge in [0, 0.05) is 31.9 Å². The molecular weight excluding hydrogens is 378 g/mol. The highest BCUT2D eigenvalue weighted by Crippen LogP contribution is 2.48. The maximum Gasteiger partial charge on any atom is 0.254 e. The lowest BCUT2D eigenvalue weighted by atomic mass is 9.78. The number of benzene rings is 2. The smallest absolute Gasteiger partial charge is 0.254 e. The summed E-state index contributed by atoms with van der Waals surface area (Å²) in [6.45, 7) is 2.71. The Morgan fingerprint density at radius 2 is 1.90 bits per heavy atom. The molecule has 2 aromatic rings. The molecule has 2 aliphatic rings. The van der Waals surface area contributed by atoms with E-state index in [1.54, 1.807) is 26.1 Å². The third-order valence-corrected chi connectivity index (χ3v) is 6.31. The molecule has 2 aromatic carbocycles. The number of piperidine rings is 1. The van der Waals surface area contributed by atoms with E-state index < -0.39 is 5.54 Å². The second-order valence-corrected chi connectivity index (χ2v) is 8.38. The van der Waals surface area contributed by atoms with Crippen LogP contribution in [0, 0.1) is 6.92 Å². The van der Waals surface area contributed by atoms with E-state index in [0.29, 0.717) is 6.54 Å². The Labute approximate surface area is 177 Å². The molecule has 6 heteroatoms. The van der Waals surface area contributed by atoms with Gasteiger partial charge in [-0.2, -0.15) is 0 Å². The van der Waals surface area contributed by atoms with Crippen molar-refractivity contribution in [3.63, 3.8) is 0 Å². The number of likely N-dealkylation sites (N-methyl/N-ethyl adjacent to an activating group) is 1. The number of hydrogen-bond acceptors (Lipinski definition) is 4. The van der Waals surface area contributed by atoms with Gasteiger partial charge in [-0.1, -0.05) is 36.2 Å². The summed E-state index contributed by atoms with van der Waals surface area (Å²) >= 11 is 0. The monoisotopic (exact) mass is 407 g/mol. The molecular formula is C24H29N3O3. The Hall–Kier alpha value is -2.86.